The molecule has 88 valence electrons. The Labute approximate surface area is 88.5 Å². The fourth-order valence-corrected chi connectivity index (χ4v) is 0.865. The minimum atomic E-state index is -1.91. The quantitative estimate of drug-likeness (QED) is 0.412. The number of carbonyl (C=O) groups excluding carboxylic acids is 1. The highest BCUT2D eigenvalue weighted by Gasteiger charge is 2.29. The summed E-state index contributed by atoms with van der Waals surface area (Å²) < 4.78 is 0. The molecule has 0 bridgehead atoms. The lowest BCUT2D eigenvalue weighted by Crippen LogP contribution is -2.46. The van der Waals surface area contributed by atoms with E-state index in [1.54, 1.807) is 0 Å². The third-order valence-corrected chi connectivity index (χ3v) is 1.95. The smallest absolute Gasteiger partial charge is 0.337 e. The summed E-state index contributed by atoms with van der Waals surface area (Å²) in [6, 6.07) is 0. The van der Waals surface area contributed by atoms with Gasteiger partial charge in [-0.25, -0.2) is 4.79 Å². The number of carbonyl (C=O) groups is 2. The zero-order valence-corrected chi connectivity index (χ0v) is 8.82. The molecule has 15 heavy (non-hydrogen) atoms. The van der Waals surface area contributed by atoms with Crippen LogP contribution < -0.4 is 11.1 Å². The molecule has 0 saturated heterocycles. The van der Waals surface area contributed by atoms with Crippen molar-refractivity contribution >= 4 is 11.9 Å². The summed E-state index contributed by atoms with van der Waals surface area (Å²) in [6.07, 6.45) is 1.72. The predicted octanol–water partition coefficient (Wildman–Crippen LogP) is -0.933. The third kappa shape index (κ3) is 6.03. The maximum absolute atomic E-state index is 11.1. The van der Waals surface area contributed by atoms with Crippen LogP contribution in [-0.4, -0.2) is 40.8 Å². The average molecular weight is 218 g/mol. The van der Waals surface area contributed by atoms with Gasteiger partial charge in [0.05, 0.1) is 6.54 Å². The molecule has 1 atom stereocenters. The van der Waals surface area contributed by atoms with Crippen LogP contribution in [0.3, 0.4) is 0 Å². The number of aliphatic carboxylic acids is 1. The van der Waals surface area contributed by atoms with Crippen molar-refractivity contribution in [2.24, 2.45) is 5.73 Å². The fourth-order valence-electron chi connectivity index (χ4n) is 0.865. The monoisotopic (exact) mass is 218 g/mol. The third-order valence-electron chi connectivity index (χ3n) is 1.95. The number of unbranched alkanes of at least 4 members (excludes halogenated alkanes) is 1. The Balaban J connectivity index is 3.75. The average Bonchev–Trinajstić information content (AvgIpc) is 2.15. The van der Waals surface area contributed by atoms with Gasteiger partial charge in [0.1, 0.15) is 0 Å². The molecule has 0 aromatic heterocycles. The van der Waals surface area contributed by atoms with Gasteiger partial charge in [0.25, 0.3) is 0 Å². The molecule has 1 unspecified atom stereocenters. The molecule has 0 aromatic rings. The molecular formula is C9H18N2O4. The van der Waals surface area contributed by atoms with Crippen LogP contribution in [0.15, 0.2) is 0 Å². The molecule has 0 heterocycles. The summed E-state index contributed by atoms with van der Waals surface area (Å²) in [6.45, 7) is 1.37. The van der Waals surface area contributed by atoms with E-state index in [4.69, 9.17) is 10.8 Å². The summed E-state index contributed by atoms with van der Waals surface area (Å²) in [5, 5.41) is 20.2. The Bertz CT molecular complexity index is 228. The summed E-state index contributed by atoms with van der Waals surface area (Å²) in [5.74, 6) is -1.63. The summed E-state index contributed by atoms with van der Waals surface area (Å²) >= 11 is 0. The highest BCUT2D eigenvalue weighted by Crippen LogP contribution is 2.01. The summed E-state index contributed by atoms with van der Waals surface area (Å²) in [4.78, 5) is 21.6. The minimum absolute atomic E-state index is 0.273. The van der Waals surface area contributed by atoms with Crippen LogP contribution in [0.4, 0.5) is 0 Å². The number of carboxylic acid groups (broad SMARTS) is 1. The van der Waals surface area contributed by atoms with Gasteiger partial charge in [-0.05, 0) is 26.3 Å². The molecule has 0 saturated carbocycles. The first kappa shape index (κ1) is 13.9. The number of hydrogen-bond acceptors (Lipinski definition) is 4. The Morgan fingerprint density at radius 3 is 2.47 bits per heavy atom. The van der Waals surface area contributed by atoms with Gasteiger partial charge < -0.3 is 21.3 Å². The number of carboxylic acids is 1. The largest absolute Gasteiger partial charge is 0.479 e. The van der Waals surface area contributed by atoms with Gasteiger partial charge in [-0.1, -0.05) is 0 Å². The van der Waals surface area contributed by atoms with Crippen molar-refractivity contribution in [2.45, 2.75) is 31.8 Å². The highest BCUT2D eigenvalue weighted by atomic mass is 16.4. The Morgan fingerprint density at radius 1 is 1.40 bits per heavy atom. The fraction of sp³-hybridized carbons (Fsp3) is 0.778. The van der Waals surface area contributed by atoms with Crippen LogP contribution in [0.1, 0.15) is 26.2 Å². The van der Waals surface area contributed by atoms with Crippen LogP contribution in [0.2, 0.25) is 0 Å². The van der Waals surface area contributed by atoms with Crippen LogP contribution in [0.5, 0.6) is 0 Å². The Kier molecular flexibility index (Phi) is 5.88. The molecule has 6 nitrogen and oxygen atoms in total. The van der Waals surface area contributed by atoms with Crippen molar-refractivity contribution in [3.05, 3.63) is 0 Å². The lowest BCUT2D eigenvalue weighted by Gasteiger charge is -2.18. The van der Waals surface area contributed by atoms with Crippen molar-refractivity contribution in [1.82, 2.24) is 5.32 Å². The lowest BCUT2D eigenvalue weighted by atomic mass is 10.1. The van der Waals surface area contributed by atoms with Crippen LogP contribution in [0, 0.1) is 0 Å². The second-order valence-corrected chi connectivity index (χ2v) is 3.60. The van der Waals surface area contributed by atoms with E-state index in [9.17, 15) is 14.7 Å². The highest BCUT2D eigenvalue weighted by molar-refractivity contribution is 5.80. The number of nitrogens with one attached hydrogen (secondary N) is 1. The lowest BCUT2D eigenvalue weighted by molar-refractivity contribution is -0.156. The molecule has 5 N–H and O–H groups in total. The summed E-state index contributed by atoms with van der Waals surface area (Å²) in [5.41, 5.74) is 3.34. The number of aliphatic hydroxyl groups is 1. The van der Waals surface area contributed by atoms with E-state index in [1.165, 1.54) is 0 Å². The van der Waals surface area contributed by atoms with E-state index in [0.717, 1.165) is 13.3 Å². The van der Waals surface area contributed by atoms with E-state index in [0.29, 0.717) is 19.4 Å². The van der Waals surface area contributed by atoms with Crippen molar-refractivity contribution in [1.29, 1.82) is 0 Å². The number of amides is 1. The van der Waals surface area contributed by atoms with Gasteiger partial charge in [0.2, 0.25) is 5.91 Å². The van der Waals surface area contributed by atoms with E-state index < -0.39 is 11.6 Å². The maximum atomic E-state index is 11.1. The topological polar surface area (TPSA) is 113 Å². The van der Waals surface area contributed by atoms with Crippen LogP contribution in [-0.2, 0) is 9.59 Å². The first-order chi connectivity index (χ1) is 6.90. The molecule has 6 heteroatoms. The molecule has 0 aromatic carbocycles. The van der Waals surface area contributed by atoms with Gasteiger partial charge in [-0.3, -0.25) is 4.79 Å². The zero-order chi connectivity index (χ0) is 11.9. The second-order valence-electron chi connectivity index (χ2n) is 3.60. The van der Waals surface area contributed by atoms with E-state index >= 15 is 0 Å². The Morgan fingerprint density at radius 2 is 2.00 bits per heavy atom. The molecule has 0 radical (unpaired) electrons. The molecule has 0 aliphatic carbocycles. The number of hydrogen-bond donors (Lipinski definition) is 4. The van der Waals surface area contributed by atoms with Crippen LogP contribution in [0.25, 0.3) is 0 Å². The van der Waals surface area contributed by atoms with Gasteiger partial charge in [-0.2, -0.15) is 0 Å². The zero-order valence-electron chi connectivity index (χ0n) is 8.82. The minimum Gasteiger partial charge on any atom is -0.479 e. The molecule has 0 spiro atoms. The molecule has 0 fully saturated rings. The van der Waals surface area contributed by atoms with E-state index in [-0.39, 0.29) is 12.5 Å². The maximum Gasteiger partial charge on any atom is 0.337 e. The van der Waals surface area contributed by atoms with E-state index in [1.807, 2.05) is 0 Å². The first-order valence-corrected chi connectivity index (χ1v) is 4.82. The molecule has 0 aliphatic rings. The van der Waals surface area contributed by atoms with E-state index in [2.05, 4.69) is 5.32 Å². The van der Waals surface area contributed by atoms with Crippen molar-refractivity contribution in [2.75, 3.05) is 13.1 Å². The molecule has 0 rings (SSSR count). The van der Waals surface area contributed by atoms with Gasteiger partial charge in [-0.15, -0.1) is 0 Å². The van der Waals surface area contributed by atoms with Gasteiger partial charge >= 0.3 is 5.97 Å². The summed E-state index contributed by atoms with van der Waals surface area (Å²) in [7, 11) is 0. The molecule has 1 amide bonds. The van der Waals surface area contributed by atoms with Gasteiger partial charge in [0.15, 0.2) is 5.60 Å². The van der Waals surface area contributed by atoms with Crippen molar-refractivity contribution in [3.63, 3.8) is 0 Å². The standard InChI is InChI=1S/C9H18N2O4/c1-9(15,8(13)14)6-11-7(12)4-2-3-5-10/h15H,2-6,10H2,1H3,(H,11,12)(H,13,14). The predicted molar refractivity (Wildman–Crippen MR) is 54.2 cm³/mol. The molecular weight excluding hydrogens is 200 g/mol. The Hall–Kier alpha value is -1.14. The van der Waals surface area contributed by atoms with Crippen molar-refractivity contribution < 1.29 is 19.8 Å². The first-order valence-electron chi connectivity index (χ1n) is 4.82. The van der Waals surface area contributed by atoms with Crippen LogP contribution >= 0.6 is 0 Å². The van der Waals surface area contributed by atoms with Gasteiger partial charge in [0, 0.05) is 6.42 Å². The SMILES string of the molecule is CC(O)(CNC(=O)CCCCN)C(=O)O. The number of rotatable bonds is 7. The normalized spacial score (nSPS) is 14.3. The van der Waals surface area contributed by atoms with Crippen molar-refractivity contribution in [3.8, 4) is 0 Å². The second kappa shape index (κ2) is 6.36. The molecule has 0 aliphatic heterocycles. The number of nitrogens with two attached hydrogens (primary N) is 1.